The standard InChI is InChI=1S/C25H23N9O10S3.Na/c35-6-5-26-19(40)20-31-33-25(47-20)46-8-10-7-45-22-14(21(41)34(22)15(10)23(42)43)28-16(37)12(9-1-3-11(36)4-2-9)27-17(38)13-18(39)29-24(44)32-30-13;/h1-4,12,14,22,35-36H,5-8H2,(H,26,40)(H,27,38)(H,28,37)(H,42,43)(H2,29,32,39,44);/q;+1/p-1/t12?,14?,22-;/m0./s1. The number of aliphatic hydroxyl groups excluding tert-OH is 1. The number of aliphatic hydroxyl groups is 1. The van der Waals surface area contributed by atoms with E-state index in [1.165, 1.54) is 36.0 Å². The molecule has 2 unspecified atom stereocenters. The molecule has 2 aliphatic heterocycles. The van der Waals surface area contributed by atoms with Gasteiger partial charge in [0.15, 0.2) is 4.34 Å². The van der Waals surface area contributed by atoms with Crippen LogP contribution < -0.4 is 50.6 Å². The Labute approximate surface area is 303 Å². The first kappa shape index (κ1) is 36.8. The number of aromatic hydroxyl groups is 3. The van der Waals surface area contributed by atoms with Crippen LogP contribution >= 0.6 is 34.9 Å². The van der Waals surface area contributed by atoms with Gasteiger partial charge in [-0.2, -0.15) is 4.98 Å². The van der Waals surface area contributed by atoms with Gasteiger partial charge in [-0.05, 0) is 23.3 Å². The van der Waals surface area contributed by atoms with Crippen LogP contribution in [0.5, 0.6) is 17.6 Å². The number of nitrogens with zero attached hydrogens (tertiary/aromatic N) is 6. The maximum atomic E-state index is 13.5. The molecular formula is C25H22N9NaO10S3. The second-order valence-corrected chi connectivity index (χ2v) is 12.9. The van der Waals surface area contributed by atoms with Crippen molar-refractivity contribution in [1.82, 2.24) is 46.2 Å². The molecule has 0 radical (unpaired) electrons. The molecule has 1 fully saturated rings. The fourth-order valence-electron chi connectivity index (χ4n) is 4.40. The smallest absolute Gasteiger partial charge is 0.543 e. The number of carbonyl (C=O) groups excluding carboxylic acids is 5. The number of hydrogen-bond acceptors (Lipinski definition) is 18. The van der Waals surface area contributed by atoms with Gasteiger partial charge < -0.3 is 46.3 Å². The second-order valence-electron chi connectivity index (χ2n) is 9.56. The average Bonchev–Trinajstić information content (AvgIpc) is 3.53. The molecule has 4 heterocycles. The third-order valence-electron chi connectivity index (χ3n) is 6.54. The van der Waals surface area contributed by atoms with E-state index in [0.717, 1.165) is 28.0 Å². The van der Waals surface area contributed by atoms with E-state index in [-0.39, 0.29) is 76.2 Å². The second kappa shape index (κ2) is 15.9. The predicted molar refractivity (Wildman–Crippen MR) is 159 cm³/mol. The van der Waals surface area contributed by atoms with Crippen molar-refractivity contribution in [3.8, 4) is 17.6 Å². The number of β-lactam (4-membered cyclic amide) rings is 1. The van der Waals surface area contributed by atoms with Crippen LogP contribution in [0.25, 0.3) is 0 Å². The molecule has 246 valence electrons. The summed E-state index contributed by atoms with van der Waals surface area (Å²) in [6.45, 7) is -0.212. The van der Waals surface area contributed by atoms with Crippen LogP contribution in [-0.4, -0.2) is 116 Å². The fraction of sp³-hybridized carbons (Fsp3) is 0.280. The summed E-state index contributed by atoms with van der Waals surface area (Å²) in [4.78, 5) is 68.0. The maximum absolute atomic E-state index is 13.5. The maximum Gasteiger partial charge on any atom is 1.00 e. The van der Waals surface area contributed by atoms with Gasteiger partial charge in [0.25, 0.3) is 17.7 Å². The molecule has 0 bridgehead atoms. The van der Waals surface area contributed by atoms with Crippen LogP contribution in [0.2, 0.25) is 0 Å². The molecule has 23 heteroatoms. The number of phenolic OH excluding ortho intramolecular Hbond substituents is 1. The van der Waals surface area contributed by atoms with Gasteiger partial charge in [-0.25, -0.2) is 0 Å². The minimum Gasteiger partial charge on any atom is -0.543 e. The Hall–Kier alpha value is -4.06. The summed E-state index contributed by atoms with van der Waals surface area (Å²) in [6.07, 6.45) is 0. The predicted octanol–water partition coefficient (Wildman–Crippen LogP) is -5.77. The number of nitrogens with one attached hydrogen (secondary N) is 3. The summed E-state index contributed by atoms with van der Waals surface area (Å²) >= 11 is 3.24. The molecule has 0 saturated carbocycles. The molecule has 0 spiro atoms. The number of fused-ring (bicyclic) bond motifs is 1. The Morgan fingerprint density at radius 1 is 1.06 bits per heavy atom. The van der Waals surface area contributed by atoms with Gasteiger partial charge in [0.2, 0.25) is 22.5 Å². The van der Waals surface area contributed by atoms with Crippen molar-refractivity contribution in [3.63, 3.8) is 0 Å². The van der Waals surface area contributed by atoms with Crippen LogP contribution in [0.1, 0.15) is 31.9 Å². The zero-order valence-electron chi connectivity index (χ0n) is 24.5. The van der Waals surface area contributed by atoms with Gasteiger partial charge in [-0.1, -0.05) is 40.3 Å². The number of thioether (sulfide) groups is 2. The minimum atomic E-state index is -1.61. The van der Waals surface area contributed by atoms with E-state index in [4.69, 9.17) is 5.11 Å². The number of carboxylic acids is 1. The summed E-state index contributed by atoms with van der Waals surface area (Å²) in [5.74, 6) is -5.77. The van der Waals surface area contributed by atoms with E-state index < -0.39 is 64.6 Å². The minimum absolute atomic E-state index is 0. The molecule has 5 rings (SSSR count). The molecule has 19 nitrogen and oxygen atoms in total. The number of hydrogen-bond donors (Lipinski definition) is 7. The van der Waals surface area contributed by atoms with Crippen LogP contribution in [0.3, 0.4) is 0 Å². The van der Waals surface area contributed by atoms with E-state index >= 15 is 0 Å². The number of benzene rings is 1. The van der Waals surface area contributed by atoms with E-state index in [1.54, 1.807) is 0 Å². The molecule has 48 heavy (non-hydrogen) atoms. The van der Waals surface area contributed by atoms with Crippen molar-refractivity contribution >= 4 is 64.5 Å². The van der Waals surface area contributed by atoms with Gasteiger partial charge in [0.05, 0.1) is 18.3 Å². The van der Waals surface area contributed by atoms with Crippen molar-refractivity contribution in [2.24, 2.45) is 0 Å². The molecule has 4 amide bonds. The molecule has 3 atom stereocenters. The number of phenols is 1. The first-order valence-electron chi connectivity index (χ1n) is 13.2. The van der Waals surface area contributed by atoms with Crippen molar-refractivity contribution in [1.29, 1.82) is 0 Å². The zero-order valence-corrected chi connectivity index (χ0v) is 29.0. The average molecular weight is 728 g/mol. The van der Waals surface area contributed by atoms with Gasteiger partial charge in [0, 0.05) is 18.1 Å². The van der Waals surface area contributed by atoms with Crippen molar-refractivity contribution in [2.45, 2.75) is 21.8 Å². The van der Waals surface area contributed by atoms with Gasteiger partial charge >= 0.3 is 35.6 Å². The van der Waals surface area contributed by atoms with Gasteiger partial charge in [-0.3, -0.25) is 24.1 Å². The Morgan fingerprint density at radius 2 is 1.79 bits per heavy atom. The van der Waals surface area contributed by atoms with E-state index in [2.05, 4.69) is 41.3 Å². The summed E-state index contributed by atoms with van der Waals surface area (Å²) in [6, 6.07) is 1.56. The Morgan fingerprint density at radius 3 is 2.46 bits per heavy atom. The number of aromatic nitrogens is 5. The summed E-state index contributed by atoms with van der Waals surface area (Å²) < 4.78 is 0.362. The number of rotatable bonds is 12. The quantitative estimate of drug-likeness (QED) is 0.0519. The van der Waals surface area contributed by atoms with E-state index in [0.29, 0.717) is 9.91 Å². The number of carboxylic acid groups (broad SMARTS) is 1. The molecular weight excluding hydrogens is 706 g/mol. The molecule has 0 aliphatic carbocycles. The zero-order chi connectivity index (χ0) is 33.8. The first-order valence-corrected chi connectivity index (χ1v) is 16.1. The van der Waals surface area contributed by atoms with E-state index in [1.807, 2.05) is 0 Å². The molecule has 2 aliphatic rings. The third-order valence-corrected chi connectivity index (χ3v) is 10.0. The first-order chi connectivity index (χ1) is 22.5. The Bertz CT molecular complexity index is 1780. The number of amides is 4. The van der Waals surface area contributed by atoms with E-state index in [9.17, 15) is 44.4 Å². The number of aliphatic carboxylic acids is 1. The summed E-state index contributed by atoms with van der Waals surface area (Å²) in [7, 11) is 0. The molecule has 1 aromatic carbocycles. The van der Waals surface area contributed by atoms with Crippen LogP contribution in [0, 0.1) is 0 Å². The molecule has 1 saturated heterocycles. The topological polar surface area (TPSA) is 293 Å². The Kier molecular flexibility index (Phi) is 12.2. The van der Waals surface area contributed by atoms with Crippen LogP contribution in [-0.2, 0) is 14.4 Å². The van der Waals surface area contributed by atoms with Crippen LogP contribution in [0.15, 0.2) is 39.9 Å². The normalized spacial score (nSPS) is 17.4. The monoisotopic (exact) mass is 727 g/mol. The van der Waals surface area contributed by atoms with Crippen molar-refractivity contribution in [3.05, 3.63) is 51.8 Å². The van der Waals surface area contributed by atoms with Crippen molar-refractivity contribution in [2.75, 3.05) is 24.7 Å². The molecule has 3 aromatic rings. The Balaban J connectivity index is 0.00000520. The van der Waals surface area contributed by atoms with Crippen molar-refractivity contribution < 1.29 is 79.1 Å². The summed E-state index contributed by atoms with van der Waals surface area (Å²) in [5.41, 5.74) is -0.571. The largest absolute Gasteiger partial charge is 1.00 e. The fourth-order valence-corrected chi connectivity index (χ4v) is 7.65. The van der Waals surface area contributed by atoms with Crippen LogP contribution in [0.4, 0.5) is 0 Å². The molecule has 2 aromatic heterocycles. The molecule has 7 N–H and O–H groups in total. The SMILES string of the molecule is O=C([O-])C1=C(CSc2nnc(C(=O)NCCO)s2)CS[C@H]2C(NC(=O)C(NC(=O)c3nnc(O)nc3O)c3ccc(O)cc3)C(=O)N12.[Na+]. The third kappa shape index (κ3) is 7.97. The van der Waals surface area contributed by atoms with Gasteiger partial charge in [-0.15, -0.1) is 27.1 Å². The number of carbonyl (C=O) groups is 5. The summed E-state index contributed by atoms with van der Waals surface area (Å²) in [5, 5.41) is 70.7. The van der Waals surface area contributed by atoms with Gasteiger partial charge in [0.1, 0.15) is 23.2 Å².